The van der Waals surface area contributed by atoms with Gasteiger partial charge >= 0.3 is 0 Å². The van der Waals surface area contributed by atoms with Crippen molar-refractivity contribution in [1.29, 1.82) is 0 Å². The zero-order chi connectivity index (χ0) is 19.1. The molecule has 1 rings (SSSR count). The first kappa shape index (κ1) is 21.9. The average Bonchev–Trinajstić information content (AvgIpc) is 2.47. The molecule has 1 aromatic rings. The van der Waals surface area contributed by atoms with Crippen molar-refractivity contribution >= 4 is 16.2 Å². The van der Waals surface area contributed by atoms with Gasteiger partial charge in [0.2, 0.25) is 0 Å². The lowest BCUT2D eigenvalue weighted by Gasteiger charge is -2.19. The van der Waals surface area contributed by atoms with Crippen molar-refractivity contribution in [3.05, 3.63) is 41.5 Å². The van der Waals surface area contributed by atoms with Crippen LogP contribution in [0, 0.1) is 5.92 Å². The van der Waals surface area contributed by atoms with Crippen molar-refractivity contribution < 1.29 is 13.0 Å². The van der Waals surface area contributed by atoms with E-state index >= 15 is 0 Å². The molecule has 0 aliphatic heterocycles. The minimum Gasteiger partial charge on any atom is -0.310 e. The molecular formula is C20H33NO3S. The van der Waals surface area contributed by atoms with Crippen molar-refractivity contribution in [3.8, 4) is 0 Å². The normalized spacial score (nSPS) is 14.4. The third-order valence-electron chi connectivity index (χ3n) is 4.01. The Labute approximate surface area is 153 Å². The van der Waals surface area contributed by atoms with Crippen LogP contribution in [0.1, 0.15) is 58.6 Å². The Hall–Kier alpha value is -1.17. The summed E-state index contributed by atoms with van der Waals surface area (Å²) >= 11 is 0. The zero-order valence-electron chi connectivity index (χ0n) is 16.1. The lowest BCUT2D eigenvalue weighted by atomic mass is 9.86. The number of benzene rings is 1. The van der Waals surface area contributed by atoms with Gasteiger partial charge in [0.15, 0.2) is 0 Å². The molecule has 0 aliphatic rings. The van der Waals surface area contributed by atoms with Crippen molar-refractivity contribution in [2.24, 2.45) is 5.92 Å². The second kappa shape index (κ2) is 9.51. The monoisotopic (exact) mass is 367 g/mol. The molecule has 0 radical (unpaired) electrons. The van der Waals surface area contributed by atoms with Gasteiger partial charge in [0.05, 0.1) is 5.75 Å². The molecule has 0 aliphatic carbocycles. The summed E-state index contributed by atoms with van der Waals surface area (Å²) in [5.74, 6) is 0.332. The molecule has 0 heterocycles. The molecule has 0 amide bonds. The Kier molecular flexibility index (Phi) is 8.32. The standard InChI is InChI=1S/C20H33NO3S/c1-16(2)15-19(21-13-6-14-25(22,23)24)12-9-17-7-10-18(11-8-17)20(3,4)5/h7-12,16,19,21H,6,13-15H2,1-5H3,(H,22,23,24). The van der Waals surface area contributed by atoms with Crippen LogP contribution in [0.5, 0.6) is 0 Å². The summed E-state index contributed by atoms with van der Waals surface area (Å²) in [6.07, 6.45) is 5.62. The minimum atomic E-state index is -3.87. The van der Waals surface area contributed by atoms with Crippen molar-refractivity contribution in [3.63, 3.8) is 0 Å². The van der Waals surface area contributed by atoms with E-state index in [1.54, 1.807) is 0 Å². The third kappa shape index (κ3) is 9.78. The van der Waals surface area contributed by atoms with Gasteiger partial charge in [0.1, 0.15) is 0 Å². The molecule has 0 fully saturated rings. The zero-order valence-corrected chi connectivity index (χ0v) is 16.9. The quantitative estimate of drug-likeness (QED) is 0.505. The fraction of sp³-hybridized carbons (Fsp3) is 0.600. The van der Waals surface area contributed by atoms with E-state index in [-0.39, 0.29) is 17.2 Å². The van der Waals surface area contributed by atoms with E-state index in [1.165, 1.54) is 5.56 Å². The summed E-state index contributed by atoms with van der Waals surface area (Å²) in [6, 6.07) is 8.76. The van der Waals surface area contributed by atoms with Crippen LogP contribution in [0.4, 0.5) is 0 Å². The van der Waals surface area contributed by atoms with Crippen LogP contribution < -0.4 is 5.32 Å². The molecule has 5 heteroatoms. The molecular weight excluding hydrogens is 334 g/mol. The Balaban J connectivity index is 2.65. The number of hydrogen-bond donors (Lipinski definition) is 2. The third-order valence-corrected chi connectivity index (χ3v) is 4.81. The first-order chi connectivity index (χ1) is 11.5. The molecule has 1 aromatic carbocycles. The van der Waals surface area contributed by atoms with Gasteiger partial charge in [-0.25, -0.2) is 0 Å². The van der Waals surface area contributed by atoms with Gasteiger partial charge in [-0.2, -0.15) is 8.42 Å². The summed E-state index contributed by atoms with van der Waals surface area (Å²) in [7, 11) is -3.87. The maximum atomic E-state index is 10.8. The summed E-state index contributed by atoms with van der Waals surface area (Å²) in [5.41, 5.74) is 2.62. The Morgan fingerprint density at radius 3 is 2.24 bits per heavy atom. The lowest BCUT2D eigenvalue weighted by Crippen LogP contribution is -2.30. The van der Waals surface area contributed by atoms with E-state index < -0.39 is 10.1 Å². The Morgan fingerprint density at radius 2 is 1.76 bits per heavy atom. The van der Waals surface area contributed by atoms with Gasteiger partial charge in [-0.15, -0.1) is 0 Å². The summed E-state index contributed by atoms with van der Waals surface area (Å²) in [6.45, 7) is 11.5. The Morgan fingerprint density at radius 1 is 1.16 bits per heavy atom. The molecule has 25 heavy (non-hydrogen) atoms. The van der Waals surface area contributed by atoms with Crippen LogP contribution in [0.15, 0.2) is 30.3 Å². The van der Waals surface area contributed by atoms with Crippen molar-refractivity contribution in [1.82, 2.24) is 5.32 Å². The van der Waals surface area contributed by atoms with E-state index in [0.29, 0.717) is 18.9 Å². The van der Waals surface area contributed by atoms with Gasteiger partial charge in [-0.05, 0) is 41.8 Å². The van der Waals surface area contributed by atoms with Crippen LogP contribution in [-0.4, -0.2) is 31.3 Å². The molecule has 4 nitrogen and oxygen atoms in total. The first-order valence-corrected chi connectivity index (χ1v) is 10.6. The van der Waals surface area contributed by atoms with Gasteiger partial charge in [0.25, 0.3) is 10.1 Å². The number of nitrogens with one attached hydrogen (secondary N) is 1. The maximum absolute atomic E-state index is 10.8. The second-order valence-corrected chi connectivity index (χ2v) is 9.63. The number of rotatable bonds is 9. The predicted molar refractivity (Wildman–Crippen MR) is 106 cm³/mol. The van der Waals surface area contributed by atoms with E-state index in [0.717, 1.165) is 12.0 Å². The molecule has 0 saturated heterocycles. The fourth-order valence-electron chi connectivity index (χ4n) is 2.60. The largest absolute Gasteiger partial charge is 0.310 e. The highest BCUT2D eigenvalue weighted by atomic mass is 32.2. The molecule has 0 saturated carbocycles. The molecule has 2 N–H and O–H groups in total. The molecule has 0 spiro atoms. The summed E-state index contributed by atoms with van der Waals surface area (Å²) in [4.78, 5) is 0. The van der Waals surface area contributed by atoms with E-state index in [4.69, 9.17) is 4.55 Å². The highest BCUT2D eigenvalue weighted by Gasteiger charge is 2.12. The first-order valence-electron chi connectivity index (χ1n) is 8.94. The van der Waals surface area contributed by atoms with E-state index in [9.17, 15) is 8.42 Å². The van der Waals surface area contributed by atoms with Crippen LogP contribution in [0.25, 0.3) is 6.08 Å². The highest BCUT2D eigenvalue weighted by molar-refractivity contribution is 7.85. The average molecular weight is 368 g/mol. The topological polar surface area (TPSA) is 66.4 Å². The van der Waals surface area contributed by atoms with Gasteiger partial charge in [-0.3, -0.25) is 4.55 Å². The van der Waals surface area contributed by atoms with Crippen molar-refractivity contribution in [2.75, 3.05) is 12.3 Å². The molecule has 1 atom stereocenters. The predicted octanol–water partition coefficient (Wildman–Crippen LogP) is 4.28. The fourth-order valence-corrected chi connectivity index (χ4v) is 3.11. The van der Waals surface area contributed by atoms with E-state index in [2.05, 4.69) is 76.4 Å². The van der Waals surface area contributed by atoms with Crippen LogP contribution in [0.3, 0.4) is 0 Å². The van der Waals surface area contributed by atoms with Gasteiger partial charge in [-0.1, -0.05) is 71.0 Å². The maximum Gasteiger partial charge on any atom is 0.264 e. The number of hydrogen-bond acceptors (Lipinski definition) is 3. The molecule has 142 valence electrons. The molecule has 1 unspecified atom stereocenters. The van der Waals surface area contributed by atoms with Gasteiger partial charge in [0, 0.05) is 6.04 Å². The van der Waals surface area contributed by atoms with Crippen LogP contribution in [-0.2, 0) is 15.5 Å². The SMILES string of the molecule is CC(C)CC(C=Cc1ccc(C(C)(C)C)cc1)NCCCS(=O)(=O)O. The summed E-state index contributed by atoms with van der Waals surface area (Å²) in [5, 5.41) is 3.37. The smallest absolute Gasteiger partial charge is 0.264 e. The lowest BCUT2D eigenvalue weighted by molar-refractivity contribution is 0.462. The minimum absolute atomic E-state index is 0.150. The van der Waals surface area contributed by atoms with Crippen LogP contribution >= 0.6 is 0 Å². The van der Waals surface area contributed by atoms with Gasteiger partial charge < -0.3 is 5.32 Å². The van der Waals surface area contributed by atoms with E-state index in [1.807, 2.05) is 0 Å². The second-order valence-electron chi connectivity index (χ2n) is 8.06. The van der Waals surface area contributed by atoms with Crippen LogP contribution in [0.2, 0.25) is 0 Å². The Bertz CT molecular complexity index is 641. The summed E-state index contributed by atoms with van der Waals surface area (Å²) < 4.78 is 30.3. The molecule has 0 bridgehead atoms. The van der Waals surface area contributed by atoms with Crippen molar-refractivity contribution in [2.45, 2.75) is 58.9 Å². The highest BCUT2D eigenvalue weighted by Crippen LogP contribution is 2.22. The molecule has 0 aromatic heterocycles.